The van der Waals surface area contributed by atoms with Gasteiger partial charge in [0.05, 0.1) is 16.6 Å². The Balaban J connectivity index is 1.80. The summed E-state index contributed by atoms with van der Waals surface area (Å²) in [5.41, 5.74) is 5.34. The molecule has 14 nitrogen and oxygen atoms in total. The number of nitrogens with zero attached hydrogens (tertiary/aromatic N) is 4. The van der Waals surface area contributed by atoms with E-state index < -0.39 is 34.5 Å². The van der Waals surface area contributed by atoms with Crippen LogP contribution in [0.25, 0.3) is 0 Å². The van der Waals surface area contributed by atoms with Crippen molar-refractivity contribution >= 4 is 29.2 Å². The van der Waals surface area contributed by atoms with Crippen molar-refractivity contribution in [3.05, 3.63) is 99.6 Å². The number of aromatic carboxylic acids is 1. The first-order valence-electron chi connectivity index (χ1n) is 11.4. The molecular weight excluding hydrogens is 522 g/mol. The van der Waals surface area contributed by atoms with E-state index in [1.807, 2.05) is 12.1 Å². The lowest BCUT2D eigenvalue weighted by molar-refractivity contribution is -0.385. The number of benzene rings is 3. The van der Waals surface area contributed by atoms with Gasteiger partial charge in [-0.2, -0.15) is 15.2 Å². The number of nitrogens with two attached hydrogens (primary N) is 1. The number of rotatable bonds is 10. The standard InChI is InChI=1S/C26H19N7O7/c27-13-16-9-10-19(24(34)35)20(11-16)40-26-31-22(29-14-15-5-2-1-3-6-15)21(33(37)38)23(32-26)39-18-8-4-7-17(12-18)30-25(28)36/h1-12H,14H2,(H,34,35)(H3,28,30,36)(H,29,31,32). The van der Waals surface area contributed by atoms with Crippen LogP contribution in [0.2, 0.25) is 0 Å². The fourth-order valence-corrected chi connectivity index (χ4v) is 3.44. The third-order valence-electron chi connectivity index (χ3n) is 5.18. The summed E-state index contributed by atoms with van der Waals surface area (Å²) < 4.78 is 11.3. The summed E-state index contributed by atoms with van der Waals surface area (Å²) in [5.74, 6) is -2.40. The van der Waals surface area contributed by atoms with E-state index in [1.54, 1.807) is 24.3 Å². The lowest BCUT2D eigenvalue weighted by Crippen LogP contribution is -2.19. The Morgan fingerprint density at radius 2 is 1.82 bits per heavy atom. The van der Waals surface area contributed by atoms with Crippen molar-refractivity contribution in [3.8, 4) is 29.5 Å². The summed E-state index contributed by atoms with van der Waals surface area (Å²) in [6.45, 7) is 0.125. The molecule has 40 heavy (non-hydrogen) atoms. The van der Waals surface area contributed by atoms with Gasteiger partial charge in [-0.05, 0) is 35.9 Å². The maximum atomic E-state index is 12.1. The summed E-state index contributed by atoms with van der Waals surface area (Å²) >= 11 is 0. The van der Waals surface area contributed by atoms with Gasteiger partial charge in [0.2, 0.25) is 5.82 Å². The highest BCUT2D eigenvalue weighted by Gasteiger charge is 2.28. The van der Waals surface area contributed by atoms with Crippen molar-refractivity contribution in [2.24, 2.45) is 5.73 Å². The molecule has 0 radical (unpaired) electrons. The molecule has 1 heterocycles. The number of amides is 2. The Morgan fingerprint density at radius 1 is 1.05 bits per heavy atom. The van der Waals surface area contributed by atoms with Crippen LogP contribution in [-0.2, 0) is 6.54 Å². The fourth-order valence-electron chi connectivity index (χ4n) is 3.44. The van der Waals surface area contributed by atoms with Gasteiger partial charge in [-0.1, -0.05) is 36.4 Å². The maximum absolute atomic E-state index is 12.1. The minimum absolute atomic E-state index is 0.0470. The van der Waals surface area contributed by atoms with E-state index in [-0.39, 0.29) is 40.7 Å². The molecule has 5 N–H and O–H groups in total. The highest BCUT2D eigenvalue weighted by Crippen LogP contribution is 2.38. The number of carbonyl (C=O) groups is 2. The van der Waals surface area contributed by atoms with Crippen LogP contribution in [0.4, 0.5) is 22.0 Å². The Bertz CT molecular complexity index is 1640. The second-order valence-electron chi connectivity index (χ2n) is 7.95. The molecule has 0 bridgehead atoms. The number of carboxylic acid groups (broad SMARTS) is 1. The van der Waals surface area contributed by atoms with Gasteiger partial charge in [-0.25, -0.2) is 9.59 Å². The number of anilines is 2. The number of hydrogen-bond donors (Lipinski definition) is 4. The van der Waals surface area contributed by atoms with Crippen molar-refractivity contribution in [1.29, 1.82) is 5.26 Å². The van der Waals surface area contributed by atoms with E-state index in [2.05, 4.69) is 20.6 Å². The molecule has 0 spiro atoms. The highest BCUT2D eigenvalue weighted by molar-refractivity contribution is 5.91. The molecule has 0 atom stereocenters. The number of nitro groups is 1. The largest absolute Gasteiger partial charge is 0.478 e. The molecule has 0 aliphatic heterocycles. The molecular formula is C26H19N7O7. The van der Waals surface area contributed by atoms with E-state index in [1.165, 1.54) is 42.5 Å². The molecule has 0 aliphatic carbocycles. The Hall–Kier alpha value is -6.23. The molecule has 0 saturated heterocycles. The molecule has 1 aromatic heterocycles. The molecule has 200 valence electrons. The number of urea groups is 1. The number of nitriles is 1. The molecule has 0 unspecified atom stereocenters. The normalized spacial score (nSPS) is 10.2. The van der Waals surface area contributed by atoms with Crippen LogP contribution in [0.15, 0.2) is 72.8 Å². The summed E-state index contributed by atoms with van der Waals surface area (Å²) in [4.78, 5) is 42.5. The van der Waals surface area contributed by atoms with E-state index in [4.69, 9.17) is 15.2 Å². The Morgan fingerprint density at radius 3 is 2.50 bits per heavy atom. The van der Waals surface area contributed by atoms with Crippen LogP contribution in [-0.4, -0.2) is 32.0 Å². The fraction of sp³-hybridized carbons (Fsp3) is 0.0385. The third-order valence-corrected chi connectivity index (χ3v) is 5.18. The SMILES string of the molecule is N#Cc1ccc(C(=O)O)c(Oc2nc(NCc3ccccc3)c([N+](=O)[O-])c(Oc3cccc(NC(N)=O)c3)n2)c1. The van der Waals surface area contributed by atoms with E-state index >= 15 is 0 Å². The molecule has 0 fully saturated rings. The highest BCUT2D eigenvalue weighted by atomic mass is 16.6. The summed E-state index contributed by atoms with van der Waals surface area (Å²) in [6, 6.07) is 19.0. The van der Waals surface area contributed by atoms with Gasteiger partial charge in [-0.3, -0.25) is 10.1 Å². The molecule has 0 saturated carbocycles. The van der Waals surface area contributed by atoms with Crippen LogP contribution >= 0.6 is 0 Å². The Kier molecular flexibility index (Phi) is 7.96. The smallest absolute Gasteiger partial charge is 0.373 e. The zero-order chi connectivity index (χ0) is 28.6. The Labute approximate surface area is 225 Å². The lowest BCUT2D eigenvalue weighted by Gasteiger charge is -2.13. The third kappa shape index (κ3) is 6.55. The molecule has 3 aromatic carbocycles. The van der Waals surface area contributed by atoms with Gasteiger partial charge in [0.25, 0.3) is 0 Å². The predicted molar refractivity (Wildman–Crippen MR) is 140 cm³/mol. The topological polar surface area (TPSA) is 216 Å². The maximum Gasteiger partial charge on any atom is 0.373 e. The van der Waals surface area contributed by atoms with Gasteiger partial charge in [0.15, 0.2) is 0 Å². The lowest BCUT2D eigenvalue weighted by atomic mass is 10.1. The van der Waals surface area contributed by atoms with Gasteiger partial charge < -0.3 is 30.9 Å². The summed E-state index contributed by atoms with van der Waals surface area (Å²) in [6.07, 6.45) is 0. The van der Waals surface area contributed by atoms with Crippen molar-refractivity contribution in [2.75, 3.05) is 10.6 Å². The minimum atomic E-state index is -1.35. The van der Waals surface area contributed by atoms with Crippen LogP contribution in [0.3, 0.4) is 0 Å². The quantitative estimate of drug-likeness (QED) is 0.160. The van der Waals surface area contributed by atoms with Crippen molar-refractivity contribution < 1.29 is 29.1 Å². The van der Waals surface area contributed by atoms with Crippen LogP contribution in [0.1, 0.15) is 21.5 Å². The second-order valence-corrected chi connectivity index (χ2v) is 7.95. The van der Waals surface area contributed by atoms with Gasteiger partial charge in [0, 0.05) is 18.3 Å². The molecule has 14 heteroatoms. The summed E-state index contributed by atoms with van der Waals surface area (Å²) in [5, 5.41) is 36.2. The predicted octanol–water partition coefficient (Wildman–Crippen LogP) is 4.64. The van der Waals surface area contributed by atoms with Crippen molar-refractivity contribution in [2.45, 2.75) is 6.54 Å². The first-order valence-corrected chi connectivity index (χ1v) is 11.4. The average Bonchev–Trinajstić information content (AvgIpc) is 2.91. The average molecular weight is 541 g/mol. The first-order chi connectivity index (χ1) is 19.2. The van der Waals surface area contributed by atoms with Gasteiger partial charge >= 0.3 is 29.6 Å². The van der Waals surface area contributed by atoms with Crippen LogP contribution in [0, 0.1) is 21.4 Å². The number of carbonyl (C=O) groups excluding carboxylic acids is 1. The van der Waals surface area contributed by atoms with Gasteiger partial charge in [0.1, 0.15) is 17.1 Å². The number of primary amides is 1. The number of hydrogen-bond acceptors (Lipinski definition) is 10. The summed E-state index contributed by atoms with van der Waals surface area (Å²) in [7, 11) is 0. The zero-order valence-corrected chi connectivity index (χ0v) is 20.4. The van der Waals surface area contributed by atoms with Crippen molar-refractivity contribution in [1.82, 2.24) is 9.97 Å². The molecule has 2 amide bonds. The number of ether oxygens (including phenoxy) is 2. The molecule has 4 rings (SSSR count). The number of aromatic nitrogens is 2. The minimum Gasteiger partial charge on any atom is -0.478 e. The first kappa shape index (κ1) is 26.8. The van der Waals surface area contributed by atoms with E-state index in [0.29, 0.717) is 0 Å². The monoisotopic (exact) mass is 541 g/mol. The van der Waals surface area contributed by atoms with Crippen LogP contribution < -0.4 is 25.8 Å². The van der Waals surface area contributed by atoms with Gasteiger partial charge in [-0.15, -0.1) is 0 Å². The molecule has 4 aromatic rings. The number of carboxylic acids is 1. The number of nitrogens with one attached hydrogen (secondary N) is 2. The molecule has 0 aliphatic rings. The van der Waals surface area contributed by atoms with E-state index in [0.717, 1.165) is 5.56 Å². The zero-order valence-electron chi connectivity index (χ0n) is 20.4. The van der Waals surface area contributed by atoms with E-state index in [9.17, 15) is 30.1 Å². The second kappa shape index (κ2) is 11.9. The van der Waals surface area contributed by atoms with Crippen molar-refractivity contribution in [3.63, 3.8) is 0 Å². The van der Waals surface area contributed by atoms with Crippen LogP contribution in [0.5, 0.6) is 23.4 Å².